The molecule has 1 aliphatic heterocycles. The van der Waals surface area contributed by atoms with Crippen LogP contribution in [-0.4, -0.2) is 66.3 Å². The molecular formula is C20H24N4O4. The maximum atomic E-state index is 12.6. The van der Waals surface area contributed by atoms with E-state index in [1.807, 2.05) is 12.1 Å². The third kappa shape index (κ3) is 5.51. The molecule has 1 aromatic carbocycles. The van der Waals surface area contributed by atoms with Crippen molar-refractivity contribution in [2.75, 3.05) is 44.7 Å². The number of morpholine rings is 1. The minimum absolute atomic E-state index is 0.0316. The van der Waals surface area contributed by atoms with Gasteiger partial charge in [-0.2, -0.15) is 0 Å². The average Bonchev–Trinajstić information content (AvgIpc) is 2.74. The Labute approximate surface area is 163 Å². The summed E-state index contributed by atoms with van der Waals surface area (Å²) in [6.45, 7) is 3.20. The zero-order chi connectivity index (χ0) is 19.8. The van der Waals surface area contributed by atoms with Gasteiger partial charge in [-0.15, -0.1) is 0 Å². The maximum Gasteiger partial charge on any atom is 0.322 e. The van der Waals surface area contributed by atoms with Crippen LogP contribution in [0.5, 0.6) is 0 Å². The molecule has 0 radical (unpaired) electrons. The van der Waals surface area contributed by atoms with Gasteiger partial charge in [0.05, 0.1) is 19.3 Å². The van der Waals surface area contributed by atoms with Crippen LogP contribution < -0.4 is 10.6 Å². The number of carboxylic acid groups (broad SMARTS) is 1. The first kappa shape index (κ1) is 19.8. The molecule has 0 bridgehead atoms. The molecule has 148 valence electrons. The predicted octanol–water partition coefficient (Wildman–Crippen LogP) is 1.38. The van der Waals surface area contributed by atoms with Crippen molar-refractivity contribution in [2.45, 2.75) is 6.04 Å². The molecule has 1 saturated heterocycles. The fourth-order valence-electron chi connectivity index (χ4n) is 3.17. The van der Waals surface area contributed by atoms with Crippen LogP contribution in [0.4, 0.5) is 5.69 Å². The SMILES string of the molecule is O=C(O)CNc1cccc(C(=O)NC[C@H](c2ccncc2)N2CCOCC2)c1. The third-order valence-corrected chi connectivity index (χ3v) is 4.60. The summed E-state index contributed by atoms with van der Waals surface area (Å²) in [6, 6.07) is 10.8. The van der Waals surface area contributed by atoms with Gasteiger partial charge in [0, 0.05) is 43.3 Å². The first-order valence-electron chi connectivity index (χ1n) is 9.19. The second kappa shape index (κ2) is 9.82. The number of hydrogen-bond acceptors (Lipinski definition) is 6. The molecule has 1 fully saturated rings. The monoisotopic (exact) mass is 384 g/mol. The maximum absolute atomic E-state index is 12.6. The molecular weight excluding hydrogens is 360 g/mol. The highest BCUT2D eigenvalue weighted by atomic mass is 16.5. The number of aromatic nitrogens is 1. The van der Waals surface area contributed by atoms with E-state index in [1.54, 1.807) is 36.7 Å². The molecule has 0 spiro atoms. The predicted molar refractivity (Wildman–Crippen MR) is 104 cm³/mol. The summed E-state index contributed by atoms with van der Waals surface area (Å²) in [6.07, 6.45) is 3.50. The minimum Gasteiger partial charge on any atom is -0.480 e. The van der Waals surface area contributed by atoms with E-state index in [0.717, 1.165) is 18.7 Å². The van der Waals surface area contributed by atoms with Crippen molar-refractivity contribution in [1.82, 2.24) is 15.2 Å². The normalized spacial score (nSPS) is 15.6. The van der Waals surface area contributed by atoms with Crippen molar-refractivity contribution in [2.24, 2.45) is 0 Å². The number of nitrogens with zero attached hydrogens (tertiary/aromatic N) is 2. The van der Waals surface area contributed by atoms with Crippen LogP contribution in [0.1, 0.15) is 22.0 Å². The Morgan fingerprint density at radius 2 is 1.93 bits per heavy atom. The van der Waals surface area contributed by atoms with Crippen LogP contribution >= 0.6 is 0 Å². The number of hydrogen-bond donors (Lipinski definition) is 3. The van der Waals surface area contributed by atoms with E-state index < -0.39 is 5.97 Å². The summed E-state index contributed by atoms with van der Waals surface area (Å²) in [4.78, 5) is 29.7. The Morgan fingerprint density at radius 1 is 1.18 bits per heavy atom. The van der Waals surface area contributed by atoms with Gasteiger partial charge in [-0.3, -0.25) is 19.5 Å². The molecule has 8 nitrogen and oxygen atoms in total. The van der Waals surface area contributed by atoms with Gasteiger partial charge in [-0.05, 0) is 35.9 Å². The molecule has 0 aliphatic carbocycles. The number of anilines is 1. The number of carbonyl (C=O) groups excluding carboxylic acids is 1. The Hall–Kier alpha value is -2.97. The number of rotatable bonds is 8. The van der Waals surface area contributed by atoms with Crippen LogP contribution in [0.25, 0.3) is 0 Å². The third-order valence-electron chi connectivity index (χ3n) is 4.60. The van der Waals surface area contributed by atoms with Gasteiger partial charge in [0.2, 0.25) is 0 Å². The summed E-state index contributed by atoms with van der Waals surface area (Å²) >= 11 is 0. The number of carbonyl (C=O) groups is 2. The number of pyridine rings is 1. The van der Waals surface area contributed by atoms with Crippen LogP contribution in [0.3, 0.4) is 0 Å². The first-order valence-corrected chi connectivity index (χ1v) is 9.19. The molecule has 1 aromatic heterocycles. The summed E-state index contributed by atoms with van der Waals surface area (Å²) < 4.78 is 5.44. The molecule has 0 saturated carbocycles. The van der Waals surface area contributed by atoms with E-state index in [0.29, 0.717) is 31.0 Å². The van der Waals surface area contributed by atoms with Gasteiger partial charge in [-0.1, -0.05) is 6.07 Å². The molecule has 0 unspecified atom stereocenters. The smallest absolute Gasteiger partial charge is 0.322 e. The molecule has 28 heavy (non-hydrogen) atoms. The summed E-state index contributed by atoms with van der Waals surface area (Å²) in [5, 5.41) is 14.5. The zero-order valence-corrected chi connectivity index (χ0v) is 15.5. The average molecular weight is 384 g/mol. The second-order valence-corrected chi connectivity index (χ2v) is 6.48. The Kier molecular flexibility index (Phi) is 6.94. The zero-order valence-electron chi connectivity index (χ0n) is 15.5. The molecule has 8 heteroatoms. The van der Waals surface area contributed by atoms with Crippen molar-refractivity contribution in [1.29, 1.82) is 0 Å². The minimum atomic E-state index is -0.958. The number of benzene rings is 1. The van der Waals surface area contributed by atoms with Crippen LogP contribution in [-0.2, 0) is 9.53 Å². The van der Waals surface area contributed by atoms with E-state index >= 15 is 0 Å². The molecule has 1 amide bonds. The lowest BCUT2D eigenvalue weighted by Crippen LogP contribution is -2.43. The van der Waals surface area contributed by atoms with Gasteiger partial charge in [0.25, 0.3) is 5.91 Å². The van der Waals surface area contributed by atoms with Crippen molar-refractivity contribution in [3.8, 4) is 0 Å². The van der Waals surface area contributed by atoms with E-state index in [1.165, 1.54) is 0 Å². The second-order valence-electron chi connectivity index (χ2n) is 6.48. The van der Waals surface area contributed by atoms with E-state index in [9.17, 15) is 9.59 Å². The molecule has 2 heterocycles. The molecule has 1 atom stereocenters. The number of aliphatic carboxylic acids is 1. The van der Waals surface area contributed by atoms with Crippen molar-refractivity contribution < 1.29 is 19.4 Å². The van der Waals surface area contributed by atoms with Gasteiger partial charge >= 0.3 is 5.97 Å². The largest absolute Gasteiger partial charge is 0.480 e. The lowest BCUT2D eigenvalue weighted by molar-refractivity contribution is -0.134. The van der Waals surface area contributed by atoms with Gasteiger partial charge in [0.1, 0.15) is 6.54 Å². The molecule has 1 aliphatic rings. The van der Waals surface area contributed by atoms with Crippen LogP contribution in [0, 0.1) is 0 Å². The highest BCUT2D eigenvalue weighted by Crippen LogP contribution is 2.21. The highest BCUT2D eigenvalue weighted by molar-refractivity contribution is 5.95. The molecule has 2 aromatic rings. The van der Waals surface area contributed by atoms with Crippen molar-refractivity contribution in [3.05, 3.63) is 59.9 Å². The van der Waals surface area contributed by atoms with Crippen molar-refractivity contribution in [3.63, 3.8) is 0 Å². The lowest BCUT2D eigenvalue weighted by Gasteiger charge is -2.34. The summed E-state index contributed by atoms with van der Waals surface area (Å²) in [5.74, 6) is -1.16. The Bertz CT molecular complexity index is 794. The van der Waals surface area contributed by atoms with Crippen LogP contribution in [0.2, 0.25) is 0 Å². The standard InChI is InChI=1S/C20H24N4O4/c25-19(26)14-22-17-3-1-2-16(12-17)20(27)23-13-18(15-4-6-21-7-5-15)24-8-10-28-11-9-24/h1-7,12,18,22H,8-11,13-14H2,(H,23,27)(H,25,26)/t18-/m1/s1. The lowest BCUT2D eigenvalue weighted by atomic mass is 10.1. The topological polar surface area (TPSA) is 104 Å². The fraction of sp³-hybridized carbons (Fsp3) is 0.350. The van der Waals surface area contributed by atoms with Gasteiger partial charge in [-0.25, -0.2) is 0 Å². The number of amides is 1. The van der Waals surface area contributed by atoms with Crippen molar-refractivity contribution >= 4 is 17.6 Å². The Balaban J connectivity index is 1.66. The van der Waals surface area contributed by atoms with Gasteiger partial charge < -0.3 is 20.5 Å². The van der Waals surface area contributed by atoms with Gasteiger partial charge in [0.15, 0.2) is 0 Å². The number of nitrogens with one attached hydrogen (secondary N) is 2. The van der Waals surface area contributed by atoms with E-state index in [2.05, 4.69) is 20.5 Å². The highest BCUT2D eigenvalue weighted by Gasteiger charge is 2.23. The Morgan fingerprint density at radius 3 is 2.64 bits per heavy atom. The number of carboxylic acids is 1. The first-order chi connectivity index (χ1) is 13.6. The quantitative estimate of drug-likeness (QED) is 0.632. The molecule has 3 rings (SSSR count). The summed E-state index contributed by atoms with van der Waals surface area (Å²) in [7, 11) is 0. The summed E-state index contributed by atoms with van der Waals surface area (Å²) in [5.41, 5.74) is 2.16. The fourth-order valence-corrected chi connectivity index (χ4v) is 3.17. The van der Waals surface area contributed by atoms with E-state index in [-0.39, 0.29) is 18.5 Å². The number of ether oxygens (including phenoxy) is 1. The van der Waals surface area contributed by atoms with E-state index in [4.69, 9.17) is 9.84 Å². The van der Waals surface area contributed by atoms with Crippen LogP contribution in [0.15, 0.2) is 48.8 Å². The molecule has 3 N–H and O–H groups in total.